The smallest absolute Gasteiger partial charge is 0.325 e. The number of nitrogens with one attached hydrogen (secondary N) is 2. The maximum Gasteiger partial charge on any atom is 0.325 e. The number of rotatable bonds is 3. The van der Waals surface area contributed by atoms with E-state index in [2.05, 4.69) is 10.3 Å². The minimum Gasteiger partial charge on any atom is -0.480 e. The first-order valence-corrected chi connectivity index (χ1v) is 5.74. The molecule has 0 fully saturated rings. The van der Waals surface area contributed by atoms with Gasteiger partial charge >= 0.3 is 5.97 Å². The summed E-state index contributed by atoms with van der Waals surface area (Å²) in [5, 5.41) is 15.4. The summed E-state index contributed by atoms with van der Waals surface area (Å²) in [7, 11) is 0. The van der Waals surface area contributed by atoms with Crippen molar-refractivity contribution in [2.24, 2.45) is 0 Å². The number of carboxylic acid groups (broad SMARTS) is 1. The van der Waals surface area contributed by atoms with E-state index in [1.54, 1.807) is 36.6 Å². The molecule has 0 aliphatic rings. The molecule has 0 saturated carbocycles. The van der Waals surface area contributed by atoms with Crippen molar-refractivity contribution < 1.29 is 9.90 Å². The molecule has 0 aliphatic carbocycles. The lowest BCUT2D eigenvalue weighted by Crippen LogP contribution is -2.25. The van der Waals surface area contributed by atoms with Crippen LogP contribution < -0.4 is 5.32 Å². The highest BCUT2D eigenvalue weighted by atomic mass is 32.1. The Bertz CT molecular complexity index is 367. The number of carboxylic acids is 1. The van der Waals surface area contributed by atoms with Crippen LogP contribution >= 0.6 is 11.3 Å². The van der Waals surface area contributed by atoms with Crippen molar-refractivity contribution in [3.05, 3.63) is 41.2 Å². The van der Waals surface area contributed by atoms with Gasteiger partial charge in [-0.2, -0.15) is 11.3 Å². The van der Waals surface area contributed by atoms with E-state index >= 15 is 0 Å². The van der Waals surface area contributed by atoms with Crippen molar-refractivity contribution in [3.8, 4) is 0 Å². The second kappa shape index (κ2) is 6.68. The molecular weight excluding hydrogens is 224 g/mol. The highest BCUT2D eigenvalue weighted by Gasteiger charge is 2.09. The van der Waals surface area contributed by atoms with Crippen molar-refractivity contribution >= 4 is 23.1 Å². The minimum absolute atomic E-state index is 0.561. The third-order valence-electron chi connectivity index (χ3n) is 1.77. The first kappa shape index (κ1) is 12.3. The Morgan fingerprint density at radius 1 is 1.44 bits per heavy atom. The third kappa shape index (κ3) is 4.65. The summed E-state index contributed by atoms with van der Waals surface area (Å²) in [6.45, 7) is 1.59. The number of carbonyl (C=O) groups is 1. The van der Waals surface area contributed by atoms with E-state index in [4.69, 9.17) is 5.11 Å². The van der Waals surface area contributed by atoms with Crippen LogP contribution in [0.1, 0.15) is 6.92 Å². The molecule has 0 saturated heterocycles. The molecule has 0 aromatic carbocycles. The van der Waals surface area contributed by atoms with Gasteiger partial charge in [-0.25, -0.2) is 0 Å². The zero-order valence-electron chi connectivity index (χ0n) is 8.88. The highest BCUT2D eigenvalue weighted by molar-refractivity contribution is 7.07. The van der Waals surface area contributed by atoms with Crippen LogP contribution in [0.15, 0.2) is 41.2 Å². The Labute approximate surface area is 97.9 Å². The molecule has 0 bridgehead atoms. The number of anilines is 1. The molecule has 5 heteroatoms. The Morgan fingerprint density at radius 3 is 2.50 bits per heavy atom. The molecule has 0 radical (unpaired) electrons. The Hall–Kier alpha value is -1.75. The van der Waals surface area contributed by atoms with Crippen molar-refractivity contribution in [3.63, 3.8) is 0 Å². The van der Waals surface area contributed by atoms with Crippen LogP contribution in [0.25, 0.3) is 0 Å². The van der Waals surface area contributed by atoms with Gasteiger partial charge in [0, 0.05) is 6.20 Å². The van der Waals surface area contributed by atoms with Crippen LogP contribution in [0, 0.1) is 0 Å². The summed E-state index contributed by atoms with van der Waals surface area (Å²) in [5.41, 5.74) is 0. The summed E-state index contributed by atoms with van der Waals surface area (Å²) < 4.78 is 0. The van der Waals surface area contributed by atoms with E-state index in [1.165, 1.54) is 0 Å². The summed E-state index contributed by atoms with van der Waals surface area (Å²) >= 11 is 1.71. The van der Waals surface area contributed by atoms with Crippen LogP contribution in [0.5, 0.6) is 0 Å². The van der Waals surface area contributed by atoms with Crippen LogP contribution in [0.3, 0.4) is 0 Å². The predicted octanol–water partition coefficient (Wildman–Crippen LogP) is 2.65. The topological polar surface area (TPSA) is 65.1 Å². The summed E-state index contributed by atoms with van der Waals surface area (Å²) in [4.78, 5) is 13.2. The van der Waals surface area contributed by atoms with Crippen LogP contribution in [-0.2, 0) is 4.79 Å². The Kier molecular flexibility index (Phi) is 5.15. The summed E-state index contributed by atoms with van der Waals surface area (Å²) in [6, 6.07) is 7.06. The lowest BCUT2D eigenvalue weighted by molar-refractivity contribution is -0.137. The standard InChI is InChI=1S/C7H10N2O2.C4H4S/c1-5(7(10)11)9-6-3-2-4-8-6;1-2-4-5-3-1/h2-5,8-9H,1H3,(H,10,11);1-4H/t5-;/m0./s1. The zero-order chi connectivity index (χ0) is 11.8. The number of thiophene rings is 1. The molecular formula is C11H14N2O2S. The van der Waals surface area contributed by atoms with Gasteiger partial charge in [-0.1, -0.05) is 12.1 Å². The van der Waals surface area contributed by atoms with Gasteiger partial charge in [0.1, 0.15) is 11.9 Å². The largest absolute Gasteiger partial charge is 0.480 e. The highest BCUT2D eigenvalue weighted by Crippen LogP contribution is 2.02. The van der Waals surface area contributed by atoms with Gasteiger partial charge in [0.2, 0.25) is 0 Å². The van der Waals surface area contributed by atoms with E-state index in [1.807, 2.05) is 22.9 Å². The minimum atomic E-state index is -0.861. The maximum absolute atomic E-state index is 10.3. The molecule has 0 unspecified atom stereocenters. The Morgan fingerprint density at radius 2 is 2.12 bits per heavy atom. The third-order valence-corrected chi connectivity index (χ3v) is 2.39. The molecule has 2 rings (SSSR count). The van der Waals surface area contributed by atoms with Gasteiger partial charge < -0.3 is 15.4 Å². The molecule has 0 spiro atoms. The molecule has 3 N–H and O–H groups in total. The fourth-order valence-electron chi connectivity index (χ4n) is 0.942. The normalized spacial score (nSPS) is 11.1. The first-order chi connectivity index (χ1) is 7.70. The summed E-state index contributed by atoms with van der Waals surface area (Å²) in [6.07, 6.45) is 1.73. The average Bonchev–Trinajstić information content (AvgIpc) is 2.92. The lowest BCUT2D eigenvalue weighted by Gasteiger charge is -2.07. The van der Waals surface area contributed by atoms with E-state index in [0.29, 0.717) is 0 Å². The molecule has 1 atom stereocenters. The van der Waals surface area contributed by atoms with Gasteiger partial charge in [-0.3, -0.25) is 4.79 Å². The second-order valence-corrected chi connectivity index (χ2v) is 3.90. The van der Waals surface area contributed by atoms with Crippen LogP contribution in [0.4, 0.5) is 5.82 Å². The van der Waals surface area contributed by atoms with E-state index < -0.39 is 12.0 Å². The number of aliphatic carboxylic acids is 1. The number of aromatic amines is 1. The molecule has 86 valence electrons. The molecule has 16 heavy (non-hydrogen) atoms. The van der Waals surface area contributed by atoms with Crippen LogP contribution in [-0.4, -0.2) is 22.1 Å². The van der Waals surface area contributed by atoms with Crippen molar-refractivity contribution in [2.75, 3.05) is 5.32 Å². The molecule has 0 amide bonds. The fraction of sp³-hybridized carbons (Fsp3) is 0.182. The quantitative estimate of drug-likeness (QED) is 0.770. The van der Waals surface area contributed by atoms with Gasteiger partial charge in [0.25, 0.3) is 0 Å². The lowest BCUT2D eigenvalue weighted by atomic mass is 10.3. The first-order valence-electron chi connectivity index (χ1n) is 4.80. The number of hydrogen-bond acceptors (Lipinski definition) is 3. The van der Waals surface area contributed by atoms with Crippen molar-refractivity contribution in [2.45, 2.75) is 13.0 Å². The average molecular weight is 238 g/mol. The molecule has 0 aliphatic heterocycles. The van der Waals surface area contributed by atoms with E-state index in [9.17, 15) is 4.79 Å². The molecule has 2 aromatic rings. The molecule has 2 aromatic heterocycles. The fourth-order valence-corrected chi connectivity index (χ4v) is 1.40. The Balaban J connectivity index is 0.000000212. The van der Waals surface area contributed by atoms with Crippen molar-refractivity contribution in [1.82, 2.24) is 4.98 Å². The monoisotopic (exact) mass is 238 g/mol. The number of aromatic nitrogens is 1. The predicted molar refractivity (Wildman–Crippen MR) is 65.8 cm³/mol. The second-order valence-electron chi connectivity index (χ2n) is 3.08. The SMILES string of the molecule is C[C@H](Nc1ccc[nH]1)C(=O)O.c1ccsc1. The van der Waals surface area contributed by atoms with Crippen LogP contribution in [0.2, 0.25) is 0 Å². The van der Waals surface area contributed by atoms with Gasteiger partial charge in [-0.05, 0) is 29.8 Å². The summed E-state index contributed by atoms with van der Waals surface area (Å²) in [5.74, 6) is -0.139. The maximum atomic E-state index is 10.3. The zero-order valence-corrected chi connectivity index (χ0v) is 9.70. The number of hydrogen-bond donors (Lipinski definition) is 3. The van der Waals surface area contributed by atoms with Gasteiger partial charge in [0.15, 0.2) is 0 Å². The number of H-pyrrole nitrogens is 1. The van der Waals surface area contributed by atoms with Crippen molar-refractivity contribution in [1.29, 1.82) is 0 Å². The molecule has 2 heterocycles. The van der Waals surface area contributed by atoms with Gasteiger partial charge in [0.05, 0.1) is 0 Å². The van der Waals surface area contributed by atoms with Gasteiger partial charge in [-0.15, -0.1) is 0 Å². The van der Waals surface area contributed by atoms with E-state index in [-0.39, 0.29) is 0 Å². The van der Waals surface area contributed by atoms with E-state index in [0.717, 1.165) is 5.82 Å². The molecule has 4 nitrogen and oxygen atoms in total.